The maximum absolute atomic E-state index is 13.3. The summed E-state index contributed by atoms with van der Waals surface area (Å²) in [7, 11) is 3.23. The van der Waals surface area contributed by atoms with Crippen LogP contribution in [-0.2, 0) is 13.1 Å². The number of hydrogen-bond acceptors (Lipinski definition) is 3. The summed E-state index contributed by atoms with van der Waals surface area (Å²) in [6, 6.07) is 10.4. The van der Waals surface area contributed by atoms with E-state index in [9.17, 15) is 4.39 Å². The molecule has 0 aliphatic carbocycles. The van der Waals surface area contributed by atoms with E-state index in [4.69, 9.17) is 21.1 Å². The molecule has 0 radical (unpaired) electrons. The van der Waals surface area contributed by atoms with Crippen molar-refractivity contribution in [3.8, 4) is 11.5 Å². The van der Waals surface area contributed by atoms with Crippen molar-refractivity contribution in [3.63, 3.8) is 0 Å². The van der Waals surface area contributed by atoms with E-state index in [2.05, 4.69) is 5.32 Å². The Morgan fingerprint density at radius 1 is 1.05 bits per heavy atom. The highest BCUT2D eigenvalue weighted by molar-refractivity contribution is 6.30. The molecule has 0 saturated heterocycles. The van der Waals surface area contributed by atoms with Crippen molar-refractivity contribution < 1.29 is 13.9 Å². The Morgan fingerprint density at radius 2 is 1.86 bits per heavy atom. The highest BCUT2D eigenvalue weighted by atomic mass is 35.5. The first-order valence-electron chi connectivity index (χ1n) is 6.49. The first-order chi connectivity index (χ1) is 10.1. The number of halogens is 2. The first kappa shape index (κ1) is 15.6. The molecule has 1 N–H and O–H groups in total. The monoisotopic (exact) mass is 309 g/mol. The lowest BCUT2D eigenvalue weighted by atomic mass is 10.1. The molecule has 2 aromatic rings. The molecule has 3 nitrogen and oxygen atoms in total. The highest BCUT2D eigenvalue weighted by Gasteiger charge is 2.05. The molecule has 112 valence electrons. The molecule has 0 saturated carbocycles. The van der Waals surface area contributed by atoms with Gasteiger partial charge in [0.15, 0.2) is 0 Å². The molecule has 0 fully saturated rings. The van der Waals surface area contributed by atoms with Crippen LogP contribution in [-0.4, -0.2) is 14.2 Å². The third-order valence-electron chi connectivity index (χ3n) is 3.12. The lowest BCUT2D eigenvalue weighted by Gasteiger charge is -2.11. The number of benzene rings is 2. The van der Waals surface area contributed by atoms with Gasteiger partial charge in [0.1, 0.15) is 17.3 Å². The van der Waals surface area contributed by atoms with E-state index in [1.807, 2.05) is 18.2 Å². The van der Waals surface area contributed by atoms with Gasteiger partial charge in [-0.1, -0.05) is 23.7 Å². The van der Waals surface area contributed by atoms with Crippen LogP contribution >= 0.6 is 11.6 Å². The third-order valence-corrected chi connectivity index (χ3v) is 3.43. The summed E-state index contributed by atoms with van der Waals surface area (Å²) in [4.78, 5) is 0. The quantitative estimate of drug-likeness (QED) is 0.880. The molecule has 0 aromatic heterocycles. The van der Waals surface area contributed by atoms with Gasteiger partial charge in [-0.05, 0) is 23.8 Å². The Labute approximate surface area is 128 Å². The molecular weight excluding hydrogens is 293 g/mol. The zero-order valence-electron chi connectivity index (χ0n) is 12.0. The number of hydrogen-bond donors (Lipinski definition) is 1. The van der Waals surface area contributed by atoms with Gasteiger partial charge in [0.25, 0.3) is 0 Å². The Bertz CT molecular complexity index is 619. The summed E-state index contributed by atoms with van der Waals surface area (Å²) >= 11 is 5.65. The lowest BCUT2D eigenvalue weighted by Crippen LogP contribution is -2.13. The van der Waals surface area contributed by atoms with Gasteiger partial charge in [0.05, 0.1) is 19.2 Å². The van der Waals surface area contributed by atoms with E-state index in [-0.39, 0.29) is 5.02 Å². The number of methoxy groups -OCH3 is 2. The molecule has 0 unspecified atom stereocenters. The normalized spacial score (nSPS) is 10.5. The van der Waals surface area contributed by atoms with Crippen LogP contribution in [0.3, 0.4) is 0 Å². The molecule has 2 aromatic carbocycles. The van der Waals surface area contributed by atoms with Gasteiger partial charge in [-0.15, -0.1) is 0 Å². The first-order valence-corrected chi connectivity index (χ1v) is 6.87. The molecule has 0 spiro atoms. The maximum atomic E-state index is 13.3. The van der Waals surface area contributed by atoms with Crippen molar-refractivity contribution in [2.24, 2.45) is 0 Å². The third kappa shape index (κ3) is 4.09. The van der Waals surface area contributed by atoms with Crippen LogP contribution in [0.25, 0.3) is 0 Å². The molecule has 0 atom stereocenters. The van der Waals surface area contributed by atoms with Crippen molar-refractivity contribution in [1.82, 2.24) is 5.32 Å². The van der Waals surface area contributed by atoms with E-state index in [0.717, 1.165) is 22.6 Å². The summed E-state index contributed by atoms with van der Waals surface area (Å²) in [6.45, 7) is 1.15. The summed E-state index contributed by atoms with van der Waals surface area (Å²) in [5.74, 6) is 1.09. The minimum atomic E-state index is -0.405. The second-order valence-corrected chi connectivity index (χ2v) is 4.94. The number of rotatable bonds is 6. The van der Waals surface area contributed by atoms with Crippen LogP contribution in [0.1, 0.15) is 11.1 Å². The molecule has 5 heteroatoms. The van der Waals surface area contributed by atoms with Crippen molar-refractivity contribution >= 4 is 11.6 Å². The van der Waals surface area contributed by atoms with Crippen molar-refractivity contribution in [2.75, 3.05) is 14.2 Å². The van der Waals surface area contributed by atoms with E-state index in [1.54, 1.807) is 26.4 Å². The Hall–Kier alpha value is -1.78. The average molecular weight is 310 g/mol. The summed E-state index contributed by atoms with van der Waals surface area (Å²) < 4.78 is 23.8. The standard InChI is InChI=1S/C16H17ClFNO2/c1-20-13-5-4-12(16(8-13)21-2)10-19-9-11-3-6-14(17)15(18)7-11/h3-8,19H,9-10H2,1-2H3. The van der Waals surface area contributed by atoms with E-state index < -0.39 is 5.82 Å². The molecule has 0 aliphatic heterocycles. The number of ether oxygens (including phenoxy) is 2. The Morgan fingerprint density at radius 3 is 2.52 bits per heavy atom. The van der Waals surface area contributed by atoms with Gasteiger partial charge < -0.3 is 14.8 Å². The minimum Gasteiger partial charge on any atom is -0.497 e. The SMILES string of the molecule is COc1ccc(CNCc2ccc(Cl)c(F)c2)c(OC)c1. The molecule has 2 rings (SSSR count). The predicted octanol–water partition coefficient (Wildman–Crippen LogP) is 3.79. The fraction of sp³-hybridized carbons (Fsp3) is 0.250. The molecule has 0 aliphatic rings. The van der Waals surface area contributed by atoms with Crippen molar-refractivity contribution in [3.05, 3.63) is 58.4 Å². The topological polar surface area (TPSA) is 30.5 Å². The van der Waals surface area contributed by atoms with Crippen LogP contribution in [0.2, 0.25) is 5.02 Å². The molecule has 0 heterocycles. The van der Waals surface area contributed by atoms with Crippen LogP contribution in [0, 0.1) is 5.82 Å². The smallest absolute Gasteiger partial charge is 0.142 e. The zero-order chi connectivity index (χ0) is 15.2. The Kier molecular flexibility index (Phi) is 5.42. The lowest BCUT2D eigenvalue weighted by molar-refractivity contribution is 0.390. The molecule has 0 bridgehead atoms. The Balaban J connectivity index is 1.98. The largest absolute Gasteiger partial charge is 0.497 e. The predicted molar refractivity (Wildman–Crippen MR) is 81.5 cm³/mol. The molecule has 0 amide bonds. The van der Waals surface area contributed by atoms with E-state index in [0.29, 0.717) is 13.1 Å². The molecule has 21 heavy (non-hydrogen) atoms. The second kappa shape index (κ2) is 7.29. The van der Waals surface area contributed by atoms with Gasteiger partial charge in [0.2, 0.25) is 0 Å². The highest BCUT2D eigenvalue weighted by Crippen LogP contribution is 2.24. The fourth-order valence-electron chi connectivity index (χ4n) is 1.99. The van der Waals surface area contributed by atoms with Crippen LogP contribution < -0.4 is 14.8 Å². The van der Waals surface area contributed by atoms with Gasteiger partial charge in [-0.25, -0.2) is 4.39 Å². The summed E-state index contributed by atoms with van der Waals surface area (Å²) in [5, 5.41) is 3.38. The van der Waals surface area contributed by atoms with Crippen molar-refractivity contribution in [1.29, 1.82) is 0 Å². The number of nitrogens with one attached hydrogen (secondary N) is 1. The average Bonchev–Trinajstić information content (AvgIpc) is 2.51. The second-order valence-electron chi connectivity index (χ2n) is 4.53. The van der Waals surface area contributed by atoms with Crippen molar-refractivity contribution in [2.45, 2.75) is 13.1 Å². The molecular formula is C16H17ClFNO2. The van der Waals surface area contributed by atoms with Gasteiger partial charge >= 0.3 is 0 Å². The fourth-order valence-corrected chi connectivity index (χ4v) is 2.11. The van der Waals surface area contributed by atoms with E-state index >= 15 is 0 Å². The van der Waals surface area contributed by atoms with E-state index in [1.165, 1.54) is 6.07 Å². The van der Waals surface area contributed by atoms with Crippen LogP contribution in [0.15, 0.2) is 36.4 Å². The van der Waals surface area contributed by atoms with Gasteiger partial charge in [0, 0.05) is 24.7 Å². The van der Waals surface area contributed by atoms with Gasteiger partial charge in [-0.2, -0.15) is 0 Å². The van der Waals surface area contributed by atoms with Gasteiger partial charge in [-0.3, -0.25) is 0 Å². The van der Waals surface area contributed by atoms with Crippen LogP contribution in [0.5, 0.6) is 11.5 Å². The van der Waals surface area contributed by atoms with Crippen LogP contribution in [0.4, 0.5) is 4.39 Å². The minimum absolute atomic E-state index is 0.135. The zero-order valence-corrected chi connectivity index (χ0v) is 12.7. The maximum Gasteiger partial charge on any atom is 0.142 e. The summed E-state index contributed by atoms with van der Waals surface area (Å²) in [6.07, 6.45) is 0. The summed E-state index contributed by atoms with van der Waals surface area (Å²) in [5.41, 5.74) is 1.84.